The van der Waals surface area contributed by atoms with Crippen molar-refractivity contribution in [3.05, 3.63) is 18.2 Å². The maximum Gasteiger partial charge on any atom is 0.284 e. The molecule has 0 aromatic carbocycles. The second-order valence-corrected chi connectivity index (χ2v) is 1.30. The molecule has 0 unspecified atom stereocenters. The first-order chi connectivity index (χ1) is 3.80. The average molecular weight is 148 g/mol. The average Bonchev–Trinajstić information content (AvgIpc) is 2.12. The highest BCUT2D eigenvalue weighted by atomic mass is 35.5. The molecule has 0 radical (unpaired) electrons. The normalized spacial score (nSPS) is 8.00. The topological polar surface area (TPSA) is 71.8 Å². The number of nitrogens with one attached hydrogen (secondary N) is 1. The minimum atomic E-state index is -0.532. The Kier molecular flexibility index (Phi) is 2.73. The van der Waals surface area contributed by atoms with E-state index in [9.17, 15) is 4.79 Å². The van der Waals surface area contributed by atoms with Gasteiger partial charge < -0.3 is 10.7 Å². The molecule has 0 aliphatic heterocycles. The molecule has 50 valence electrons. The Bertz CT molecular complexity index is 184. The van der Waals surface area contributed by atoms with Crippen LogP contribution in [0.3, 0.4) is 0 Å². The Labute approximate surface area is 57.9 Å². The number of nitrogens with zero attached hydrogens (tertiary/aromatic N) is 1. The second-order valence-electron chi connectivity index (χ2n) is 1.30. The Morgan fingerprint density at radius 2 is 2.44 bits per heavy atom. The first-order valence-corrected chi connectivity index (χ1v) is 2.10. The van der Waals surface area contributed by atoms with E-state index in [1.807, 2.05) is 0 Å². The molecule has 3 N–H and O–H groups in total. The van der Waals surface area contributed by atoms with Gasteiger partial charge >= 0.3 is 0 Å². The van der Waals surface area contributed by atoms with Crippen molar-refractivity contribution < 1.29 is 4.79 Å². The van der Waals surface area contributed by atoms with Gasteiger partial charge in [0.2, 0.25) is 0 Å². The van der Waals surface area contributed by atoms with Gasteiger partial charge in [-0.3, -0.25) is 4.79 Å². The number of halogens is 1. The molecule has 0 spiro atoms. The first kappa shape index (κ1) is 7.97. The third kappa shape index (κ3) is 1.73. The van der Waals surface area contributed by atoms with Crippen molar-refractivity contribution in [1.82, 2.24) is 9.97 Å². The Morgan fingerprint density at radius 3 is 2.67 bits per heavy atom. The number of aromatic amines is 1. The van der Waals surface area contributed by atoms with Crippen LogP contribution in [0.4, 0.5) is 0 Å². The van der Waals surface area contributed by atoms with E-state index in [1.54, 1.807) is 6.20 Å². The molecule has 0 saturated heterocycles. The van der Waals surface area contributed by atoms with Gasteiger partial charge in [-0.1, -0.05) is 0 Å². The molecular weight excluding hydrogens is 142 g/mol. The van der Waals surface area contributed by atoms with Crippen LogP contribution in [0.1, 0.15) is 10.6 Å². The summed E-state index contributed by atoms with van der Waals surface area (Å²) in [6.45, 7) is 0. The van der Waals surface area contributed by atoms with Crippen LogP contribution in [-0.2, 0) is 0 Å². The van der Waals surface area contributed by atoms with E-state index in [0.29, 0.717) is 0 Å². The lowest BCUT2D eigenvalue weighted by molar-refractivity contribution is 0.0991. The van der Waals surface area contributed by atoms with Crippen LogP contribution in [0.25, 0.3) is 0 Å². The fourth-order valence-corrected chi connectivity index (χ4v) is 0.400. The predicted molar refractivity (Wildman–Crippen MR) is 34.4 cm³/mol. The van der Waals surface area contributed by atoms with Crippen molar-refractivity contribution in [2.75, 3.05) is 0 Å². The number of imidazole rings is 1. The summed E-state index contributed by atoms with van der Waals surface area (Å²) in [4.78, 5) is 16.3. The van der Waals surface area contributed by atoms with E-state index < -0.39 is 5.91 Å². The zero-order valence-electron chi connectivity index (χ0n) is 4.50. The largest absolute Gasteiger partial charge is 0.363 e. The number of rotatable bonds is 1. The van der Waals surface area contributed by atoms with E-state index in [2.05, 4.69) is 9.97 Å². The fraction of sp³-hybridized carbons (Fsp3) is 0. The molecule has 1 aromatic rings. The van der Waals surface area contributed by atoms with Gasteiger partial charge in [-0.25, -0.2) is 4.98 Å². The van der Waals surface area contributed by atoms with Crippen LogP contribution < -0.4 is 5.73 Å². The van der Waals surface area contributed by atoms with Crippen molar-refractivity contribution in [2.24, 2.45) is 5.73 Å². The lowest BCUT2D eigenvalue weighted by atomic mass is 10.6. The lowest BCUT2D eigenvalue weighted by Crippen LogP contribution is -2.12. The van der Waals surface area contributed by atoms with Gasteiger partial charge in [0.15, 0.2) is 5.82 Å². The molecule has 0 fully saturated rings. The first-order valence-electron chi connectivity index (χ1n) is 2.10. The van der Waals surface area contributed by atoms with Crippen molar-refractivity contribution in [2.45, 2.75) is 0 Å². The SMILES string of the molecule is Cl.NC(=O)c1ncc[nH]1. The molecule has 0 aliphatic carbocycles. The molecule has 0 bridgehead atoms. The lowest BCUT2D eigenvalue weighted by Gasteiger charge is -1.80. The molecule has 9 heavy (non-hydrogen) atoms. The third-order valence-corrected chi connectivity index (χ3v) is 0.732. The molecule has 1 rings (SSSR count). The summed E-state index contributed by atoms with van der Waals surface area (Å²) in [6, 6.07) is 0. The number of aromatic nitrogens is 2. The molecule has 1 heterocycles. The number of carbonyl (C=O) groups excluding carboxylic acids is 1. The monoisotopic (exact) mass is 147 g/mol. The smallest absolute Gasteiger partial charge is 0.284 e. The highest BCUT2D eigenvalue weighted by Gasteiger charge is 1.97. The maximum absolute atomic E-state index is 10.2. The summed E-state index contributed by atoms with van der Waals surface area (Å²) in [5.74, 6) is -0.333. The minimum Gasteiger partial charge on any atom is -0.363 e. The number of amides is 1. The van der Waals surface area contributed by atoms with Crippen LogP contribution in [0, 0.1) is 0 Å². The van der Waals surface area contributed by atoms with E-state index in [4.69, 9.17) is 5.73 Å². The summed E-state index contributed by atoms with van der Waals surface area (Å²) in [7, 11) is 0. The standard InChI is InChI=1S/C4H5N3O.ClH/c5-3(8)4-6-1-2-7-4;/h1-2H,(H2,5,8)(H,6,7);1H. The van der Waals surface area contributed by atoms with Gasteiger partial charge in [0.25, 0.3) is 5.91 Å². The zero-order valence-corrected chi connectivity index (χ0v) is 5.31. The molecule has 1 amide bonds. The maximum atomic E-state index is 10.2. The summed E-state index contributed by atoms with van der Waals surface area (Å²) < 4.78 is 0. The second kappa shape index (κ2) is 3.09. The number of primary amides is 1. The Balaban J connectivity index is 0.000000640. The highest BCUT2D eigenvalue weighted by Crippen LogP contribution is 1.82. The van der Waals surface area contributed by atoms with Gasteiger partial charge in [0, 0.05) is 12.4 Å². The summed E-state index contributed by atoms with van der Waals surface area (Å²) >= 11 is 0. The quantitative estimate of drug-likeness (QED) is 0.584. The molecule has 1 aromatic heterocycles. The molecule has 5 heteroatoms. The van der Waals surface area contributed by atoms with E-state index >= 15 is 0 Å². The van der Waals surface area contributed by atoms with Crippen LogP contribution in [0.5, 0.6) is 0 Å². The number of hydrogen-bond donors (Lipinski definition) is 2. The number of nitrogens with two attached hydrogens (primary N) is 1. The van der Waals surface area contributed by atoms with E-state index in [0.717, 1.165) is 0 Å². The Morgan fingerprint density at radius 1 is 1.78 bits per heavy atom. The van der Waals surface area contributed by atoms with Gasteiger partial charge in [-0.05, 0) is 0 Å². The summed E-state index contributed by atoms with van der Waals surface area (Å²) in [6.07, 6.45) is 3.01. The van der Waals surface area contributed by atoms with Crippen molar-refractivity contribution in [3.8, 4) is 0 Å². The molecule has 0 saturated carbocycles. The van der Waals surface area contributed by atoms with Gasteiger partial charge in [-0.2, -0.15) is 0 Å². The molecule has 4 nitrogen and oxygen atoms in total. The fourth-order valence-electron chi connectivity index (χ4n) is 0.400. The summed E-state index contributed by atoms with van der Waals surface area (Å²) in [5, 5.41) is 0. The molecular formula is C4H6ClN3O. The van der Waals surface area contributed by atoms with Crippen LogP contribution in [-0.4, -0.2) is 15.9 Å². The van der Waals surface area contributed by atoms with Gasteiger partial charge in [0.05, 0.1) is 0 Å². The number of carbonyl (C=O) groups is 1. The van der Waals surface area contributed by atoms with Crippen molar-refractivity contribution in [3.63, 3.8) is 0 Å². The van der Waals surface area contributed by atoms with Gasteiger partial charge in [-0.15, -0.1) is 12.4 Å². The molecule has 0 aliphatic rings. The zero-order chi connectivity index (χ0) is 5.98. The van der Waals surface area contributed by atoms with Crippen LogP contribution in [0.2, 0.25) is 0 Å². The Hall–Kier alpha value is -1.03. The van der Waals surface area contributed by atoms with Crippen molar-refractivity contribution in [1.29, 1.82) is 0 Å². The van der Waals surface area contributed by atoms with E-state index in [-0.39, 0.29) is 18.2 Å². The van der Waals surface area contributed by atoms with Crippen LogP contribution >= 0.6 is 12.4 Å². The number of hydrogen-bond acceptors (Lipinski definition) is 2. The van der Waals surface area contributed by atoms with E-state index in [1.165, 1.54) is 6.20 Å². The van der Waals surface area contributed by atoms with Crippen molar-refractivity contribution >= 4 is 18.3 Å². The summed E-state index contributed by atoms with van der Waals surface area (Å²) in [5.41, 5.74) is 4.83. The van der Waals surface area contributed by atoms with Gasteiger partial charge in [0.1, 0.15) is 0 Å². The van der Waals surface area contributed by atoms with Crippen LogP contribution in [0.15, 0.2) is 12.4 Å². The predicted octanol–water partition coefficient (Wildman–Crippen LogP) is -0.0696. The third-order valence-electron chi connectivity index (χ3n) is 0.732. The molecule has 0 atom stereocenters. The highest BCUT2D eigenvalue weighted by molar-refractivity contribution is 5.88. The number of H-pyrrole nitrogens is 1. The minimum absolute atomic E-state index is 0.